The molecule has 0 rings (SSSR count). The van der Waals surface area contributed by atoms with Crippen molar-refractivity contribution in [3.8, 4) is 0 Å². The Balaban J connectivity index is 6.72. The Kier molecular flexibility index (Phi) is 11.9. The minimum atomic E-state index is -3.90. The molecule has 0 amide bonds. The molecule has 0 fully saturated rings. The SMILES string of the molecule is CC(C)OP(=O)(OC(C)C)C(C)([CH2][Sn]([CH3])([Br])[Br])P(=O)(OC(C)C)OC(C)C. The van der Waals surface area contributed by atoms with E-state index in [-0.39, 0.29) is 24.4 Å². The minimum absolute atomic E-state index is 0.328. The van der Waals surface area contributed by atoms with Crippen molar-refractivity contribution in [1.29, 1.82) is 0 Å². The topological polar surface area (TPSA) is 71.1 Å². The Morgan fingerprint density at radius 2 is 0.963 bits per heavy atom. The van der Waals surface area contributed by atoms with Crippen molar-refractivity contribution in [2.75, 3.05) is 0 Å². The molecule has 0 aliphatic rings. The normalized spacial score (nSPS) is 14.8. The molecule has 6 nitrogen and oxygen atoms in total. The maximum atomic E-state index is 14.2. The van der Waals surface area contributed by atoms with Gasteiger partial charge in [-0.15, -0.1) is 0 Å². The van der Waals surface area contributed by atoms with E-state index in [2.05, 4.69) is 25.4 Å². The first kappa shape index (κ1) is 29.1. The van der Waals surface area contributed by atoms with Crippen LogP contribution in [0, 0.1) is 0 Å². The van der Waals surface area contributed by atoms with Gasteiger partial charge in [0.2, 0.25) is 0 Å². The molecular formula is C16H36Br2O6P2Sn. The van der Waals surface area contributed by atoms with Crippen molar-refractivity contribution in [2.45, 2.75) is 101 Å². The third-order valence-electron chi connectivity index (χ3n) is 3.22. The summed E-state index contributed by atoms with van der Waals surface area (Å²) in [4.78, 5) is 0.581. The molecule has 0 spiro atoms. The molecule has 0 aromatic rings. The molecule has 0 unspecified atom stereocenters. The molecule has 0 saturated heterocycles. The van der Waals surface area contributed by atoms with E-state index >= 15 is 0 Å². The van der Waals surface area contributed by atoms with Crippen molar-refractivity contribution in [2.24, 2.45) is 0 Å². The van der Waals surface area contributed by atoms with E-state index in [0.717, 1.165) is 0 Å². The van der Waals surface area contributed by atoms with Gasteiger partial charge in [0.1, 0.15) is 0 Å². The Hall–Kier alpha value is 2.06. The van der Waals surface area contributed by atoms with Crippen molar-refractivity contribution in [3.63, 3.8) is 0 Å². The zero-order valence-electron chi connectivity index (χ0n) is 18.1. The molecule has 0 atom stereocenters. The van der Waals surface area contributed by atoms with Crippen LogP contribution in [0.5, 0.6) is 0 Å². The molecule has 11 heteroatoms. The van der Waals surface area contributed by atoms with Crippen LogP contribution in [0.25, 0.3) is 0 Å². The molecule has 164 valence electrons. The van der Waals surface area contributed by atoms with Crippen molar-refractivity contribution in [1.82, 2.24) is 0 Å². The second kappa shape index (κ2) is 11.1. The van der Waals surface area contributed by atoms with Gasteiger partial charge in [-0.2, -0.15) is 0 Å². The summed E-state index contributed by atoms with van der Waals surface area (Å²) in [6, 6.07) is 0. The Labute approximate surface area is 181 Å². The molecule has 0 aliphatic carbocycles. The first-order valence-electron chi connectivity index (χ1n) is 9.19. The van der Waals surface area contributed by atoms with Crippen LogP contribution in [0.4, 0.5) is 0 Å². The molecule has 0 N–H and O–H groups in total. The van der Waals surface area contributed by atoms with Gasteiger partial charge < -0.3 is 0 Å². The first-order valence-corrected chi connectivity index (χ1v) is 29.9. The predicted octanol–water partition coefficient (Wildman–Crippen LogP) is 7.65. The van der Waals surface area contributed by atoms with Gasteiger partial charge in [0.25, 0.3) is 0 Å². The zero-order chi connectivity index (χ0) is 21.8. The maximum absolute atomic E-state index is 14.2. The van der Waals surface area contributed by atoms with Crippen LogP contribution in [0.3, 0.4) is 0 Å². The van der Waals surface area contributed by atoms with Gasteiger partial charge in [0.05, 0.1) is 0 Å². The summed E-state index contributed by atoms with van der Waals surface area (Å²) >= 11 is 4.40. The van der Waals surface area contributed by atoms with Crippen LogP contribution in [-0.2, 0) is 27.2 Å². The zero-order valence-corrected chi connectivity index (χ0v) is 25.9. The fourth-order valence-electron chi connectivity index (χ4n) is 2.55. The van der Waals surface area contributed by atoms with Crippen LogP contribution in [0.2, 0.25) is 9.38 Å². The van der Waals surface area contributed by atoms with Crippen LogP contribution in [0.1, 0.15) is 62.3 Å². The Morgan fingerprint density at radius 3 is 1.11 bits per heavy atom. The summed E-state index contributed by atoms with van der Waals surface area (Å²) in [6.07, 6.45) is -1.53. The summed E-state index contributed by atoms with van der Waals surface area (Å²) in [5.74, 6) is 0. The molecule has 0 aromatic heterocycles. The summed E-state index contributed by atoms with van der Waals surface area (Å²) in [5.41, 5.74) is 0. The standard InChI is InChI=1S/C15H33O6P2.CH3.2BrH.Sn/c1-11(2)18-22(16,19-12(3)4)15(9,10)23(17,20-13(5)6)21-14(7)8;;;;/h11-14H,9H2,1-8,10H3;1H3;2*1H;/q;;;;+2/p-2. The quantitative estimate of drug-likeness (QED) is 0.158. The number of hydrogen-bond acceptors (Lipinski definition) is 6. The first-order chi connectivity index (χ1) is 11.9. The summed E-state index contributed by atoms with van der Waals surface area (Å²) < 4.78 is 52.1. The van der Waals surface area contributed by atoms with E-state index in [9.17, 15) is 9.13 Å². The van der Waals surface area contributed by atoms with Gasteiger partial charge >= 0.3 is 183 Å². The molecular weight excluding hydrogens is 629 g/mol. The van der Waals surface area contributed by atoms with Gasteiger partial charge in [-0.3, -0.25) is 0 Å². The van der Waals surface area contributed by atoms with E-state index in [4.69, 9.17) is 18.1 Å². The Morgan fingerprint density at radius 1 is 0.741 bits per heavy atom. The van der Waals surface area contributed by atoms with E-state index in [1.807, 2.05) is 4.94 Å². The van der Waals surface area contributed by atoms with Gasteiger partial charge in [-0.05, 0) is 0 Å². The predicted molar refractivity (Wildman–Crippen MR) is 123 cm³/mol. The van der Waals surface area contributed by atoms with Gasteiger partial charge in [0.15, 0.2) is 0 Å². The molecule has 0 radical (unpaired) electrons. The number of hydrogen-bond donors (Lipinski definition) is 0. The third-order valence-corrected chi connectivity index (χ3v) is 19.4. The van der Waals surface area contributed by atoms with Crippen molar-refractivity contribution in [3.05, 3.63) is 0 Å². The van der Waals surface area contributed by atoms with E-state index in [1.165, 1.54) is 0 Å². The third kappa shape index (κ3) is 8.98. The molecule has 0 heterocycles. The number of rotatable bonds is 12. The molecule has 0 aliphatic heterocycles. The average molecular weight is 665 g/mol. The van der Waals surface area contributed by atoms with Crippen LogP contribution < -0.4 is 0 Å². The van der Waals surface area contributed by atoms with E-state index in [1.54, 1.807) is 62.3 Å². The monoisotopic (exact) mass is 664 g/mol. The fourth-order valence-corrected chi connectivity index (χ4v) is 32.2. The van der Waals surface area contributed by atoms with Gasteiger partial charge in [-0.1, -0.05) is 0 Å². The average Bonchev–Trinajstić information content (AvgIpc) is 2.31. The van der Waals surface area contributed by atoms with E-state index in [0.29, 0.717) is 4.44 Å². The summed E-state index contributed by atoms with van der Waals surface area (Å²) in [7, 11) is -7.81. The fraction of sp³-hybridized carbons (Fsp3) is 1.00. The molecule has 0 bridgehead atoms. The Bertz CT molecular complexity index is 498. The summed E-state index contributed by atoms with van der Waals surface area (Å²) in [5, 5.41) is 0. The number of halogens is 2. The summed E-state index contributed by atoms with van der Waals surface area (Å²) in [6.45, 7) is 15.9. The molecule has 0 aromatic carbocycles. The van der Waals surface area contributed by atoms with Crippen LogP contribution in [-0.4, -0.2) is 43.2 Å². The molecule has 0 saturated carbocycles. The van der Waals surface area contributed by atoms with Gasteiger partial charge in [-0.25, -0.2) is 0 Å². The van der Waals surface area contributed by atoms with Crippen molar-refractivity contribution >= 4 is 54.5 Å². The van der Waals surface area contributed by atoms with E-state index < -0.39 is 34.0 Å². The van der Waals surface area contributed by atoms with Gasteiger partial charge in [0, 0.05) is 0 Å². The van der Waals surface area contributed by atoms with Crippen LogP contribution in [0.15, 0.2) is 0 Å². The van der Waals surface area contributed by atoms with Crippen LogP contribution >= 0.6 is 40.6 Å². The van der Waals surface area contributed by atoms with Crippen molar-refractivity contribution < 1.29 is 27.2 Å². The second-order valence-corrected chi connectivity index (χ2v) is 51.0. The molecule has 27 heavy (non-hydrogen) atoms. The second-order valence-electron chi connectivity index (χ2n) is 8.08.